The number of hydrogen-bond donors (Lipinski definition) is 2. The van der Waals surface area contributed by atoms with Gasteiger partial charge in [0, 0.05) is 11.4 Å². The summed E-state index contributed by atoms with van der Waals surface area (Å²) in [4.78, 5) is 12.7. The third kappa shape index (κ3) is 4.03. The van der Waals surface area contributed by atoms with Crippen LogP contribution in [0.3, 0.4) is 0 Å². The van der Waals surface area contributed by atoms with Crippen molar-refractivity contribution in [3.63, 3.8) is 0 Å². The molecule has 0 fully saturated rings. The zero-order chi connectivity index (χ0) is 20.1. The maximum Gasteiger partial charge on any atom is 0.263 e. The first-order valence-corrected chi connectivity index (χ1v) is 8.37. The number of ether oxygens (including phenoxy) is 2. The van der Waals surface area contributed by atoms with E-state index in [1.807, 2.05) is 0 Å². The van der Waals surface area contributed by atoms with E-state index in [0.717, 1.165) is 0 Å². The molecule has 3 rings (SSSR count). The van der Waals surface area contributed by atoms with E-state index in [1.165, 1.54) is 32.4 Å². The fourth-order valence-corrected chi connectivity index (χ4v) is 2.67. The molecule has 144 valence electrons. The van der Waals surface area contributed by atoms with Gasteiger partial charge in [0.1, 0.15) is 34.4 Å². The van der Waals surface area contributed by atoms with Crippen LogP contribution in [0.5, 0.6) is 11.5 Å². The zero-order valence-corrected chi connectivity index (χ0v) is 15.3. The topological polar surface area (TPSA) is 59.6 Å². The highest BCUT2D eigenvalue weighted by molar-refractivity contribution is 6.08. The summed E-state index contributed by atoms with van der Waals surface area (Å²) in [7, 11) is 2.93. The summed E-state index contributed by atoms with van der Waals surface area (Å²) in [5.74, 6) is -1.04. The lowest BCUT2D eigenvalue weighted by Gasteiger charge is -2.13. The van der Waals surface area contributed by atoms with Gasteiger partial charge in [-0.15, -0.1) is 0 Å². The van der Waals surface area contributed by atoms with Crippen LogP contribution in [0, 0.1) is 11.6 Å². The van der Waals surface area contributed by atoms with Crippen molar-refractivity contribution < 1.29 is 23.0 Å². The Hall–Kier alpha value is -3.61. The second-order valence-electron chi connectivity index (χ2n) is 5.79. The second kappa shape index (κ2) is 8.39. The largest absolute Gasteiger partial charge is 0.496 e. The first-order valence-electron chi connectivity index (χ1n) is 8.37. The molecule has 0 spiro atoms. The molecule has 2 N–H and O–H groups in total. The molecule has 7 heteroatoms. The van der Waals surface area contributed by atoms with Crippen molar-refractivity contribution in [1.29, 1.82) is 0 Å². The van der Waals surface area contributed by atoms with E-state index < -0.39 is 17.5 Å². The van der Waals surface area contributed by atoms with Crippen molar-refractivity contribution in [3.05, 3.63) is 77.9 Å². The molecule has 3 aromatic carbocycles. The Labute approximate surface area is 160 Å². The van der Waals surface area contributed by atoms with Gasteiger partial charge in [0.15, 0.2) is 0 Å². The van der Waals surface area contributed by atoms with Gasteiger partial charge in [-0.1, -0.05) is 12.1 Å². The van der Waals surface area contributed by atoms with Crippen molar-refractivity contribution in [1.82, 2.24) is 0 Å². The third-order valence-corrected chi connectivity index (χ3v) is 4.03. The van der Waals surface area contributed by atoms with Gasteiger partial charge in [-0.25, -0.2) is 8.78 Å². The standard InChI is InChI=1S/C21H18F2N2O3/c1-27-17-7-4-8-18(28-2)19(17)21(26)25-14-11-9-13(10-12-14)24-20-15(22)5-3-6-16(20)23/h3-12,24H,1-2H3,(H,25,26). The van der Waals surface area contributed by atoms with Crippen LogP contribution in [-0.4, -0.2) is 20.1 Å². The first kappa shape index (κ1) is 19.2. The summed E-state index contributed by atoms with van der Waals surface area (Å²) >= 11 is 0. The second-order valence-corrected chi connectivity index (χ2v) is 5.79. The van der Waals surface area contributed by atoms with Crippen molar-refractivity contribution in [2.45, 2.75) is 0 Å². The van der Waals surface area contributed by atoms with Gasteiger partial charge < -0.3 is 20.1 Å². The number of methoxy groups -OCH3 is 2. The van der Waals surface area contributed by atoms with Crippen LogP contribution < -0.4 is 20.1 Å². The van der Waals surface area contributed by atoms with Gasteiger partial charge in [0.05, 0.1) is 14.2 Å². The highest BCUT2D eigenvalue weighted by Gasteiger charge is 2.18. The maximum absolute atomic E-state index is 13.7. The molecule has 0 radical (unpaired) electrons. The molecule has 1 amide bonds. The molecule has 0 saturated carbocycles. The summed E-state index contributed by atoms with van der Waals surface area (Å²) in [6.07, 6.45) is 0. The molecule has 0 saturated heterocycles. The number of benzene rings is 3. The normalized spacial score (nSPS) is 10.3. The predicted octanol–water partition coefficient (Wildman–Crippen LogP) is 4.98. The lowest BCUT2D eigenvalue weighted by atomic mass is 10.1. The summed E-state index contributed by atoms with van der Waals surface area (Å²) in [5, 5.41) is 5.43. The quantitative estimate of drug-likeness (QED) is 0.629. The van der Waals surface area contributed by atoms with Gasteiger partial charge >= 0.3 is 0 Å². The lowest BCUT2D eigenvalue weighted by Crippen LogP contribution is -2.14. The average molecular weight is 384 g/mol. The van der Waals surface area contributed by atoms with E-state index in [4.69, 9.17) is 9.47 Å². The van der Waals surface area contributed by atoms with Gasteiger partial charge in [0.25, 0.3) is 5.91 Å². The Morgan fingerprint density at radius 3 is 1.82 bits per heavy atom. The van der Waals surface area contributed by atoms with E-state index in [2.05, 4.69) is 10.6 Å². The predicted molar refractivity (Wildman–Crippen MR) is 104 cm³/mol. The van der Waals surface area contributed by atoms with Crippen molar-refractivity contribution >= 4 is 23.0 Å². The number of rotatable bonds is 6. The Kier molecular flexibility index (Phi) is 5.74. The van der Waals surface area contributed by atoms with E-state index in [-0.39, 0.29) is 11.3 Å². The molecule has 0 aliphatic heterocycles. The lowest BCUT2D eigenvalue weighted by molar-refractivity contribution is 0.102. The minimum Gasteiger partial charge on any atom is -0.496 e. The van der Waals surface area contributed by atoms with Crippen LogP contribution in [0.15, 0.2) is 60.7 Å². The molecule has 28 heavy (non-hydrogen) atoms. The van der Waals surface area contributed by atoms with E-state index in [9.17, 15) is 13.6 Å². The number of carbonyl (C=O) groups is 1. The molecule has 0 unspecified atom stereocenters. The first-order chi connectivity index (χ1) is 13.5. The van der Waals surface area contributed by atoms with Crippen LogP contribution in [-0.2, 0) is 0 Å². The van der Waals surface area contributed by atoms with Crippen LogP contribution in [0.1, 0.15) is 10.4 Å². The Bertz CT molecular complexity index is 949. The van der Waals surface area contributed by atoms with Crippen molar-refractivity contribution in [2.75, 3.05) is 24.9 Å². The van der Waals surface area contributed by atoms with E-state index in [1.54, 1.807) is 42.5 Å². The minimum atomic E-state index is -0.694. The monoisotopic (exact) mass is 384 g/mol. The molecule has 0 atom stereocenters. The van der Waals surface area contributed by atoms with Crippen LogP contribution in [0.2, 0.25) is 0 Å². The Morgan fingerprint density at radius 1 is 0.786 bits per heavy atom. The van der Waals surface area contributed by atoms with E-state index >= 15 is 0 Å². The fraction of sp³-hybridized carbons (Fsp3) is 0.0952. The Balaban J connectivity index is 1.77. The number of carbonyl (C=O) groups excluding carboxylic acids is 1. The molecule has 0 aliphatic rings. The van der Waals surface area contributed by atoms with Crippen LogP contribution in [0.25, 0.3) is 0 Å². The summed E-state index contributed by atoms with van der Waals surface area (Å²) in [5.41, 5.74) is 0.996. The number of nitrogens with one attached hydrogen (secondary N) is 2. The number of hydrogen-bond acceptors (Lipinski definition) is 4. The van der Waals surface area contributed by atoms with Gasteiger partial charge in [0.2, 0.25) is 0 Å². The van der Waals surface area contributed by atoms with Gasteiger partial charge in [-0.2, -0.15) is 0 Å². The minimum absolute atomic E-state index is 0.238. The van der Waals surface area contributed by atoms with Crippen molar-refractivity contribution in [2.24, 2.45) is 0 Å². The molecule has 0 heterocycles. The number of para-hydroxylation sites is 1. The molecule has 0 aromatic heterocycles. The SMILES string of the molecule is COc1cccc(OC)c1C(=O)Nc1ccc(Nc2c(F)cccc2F)cc1. The fourth-order valence-electron chi connectivity index (χ4n) is 2.67. The summed E-state index contributed by atoms with van der Waals surface area (Å²) in [6.45, 7) is 0. The van der Waals surface area contributed by atoms with Crippen LogP contribution in [0.4, 0.5) is 25.8 Å². The van der Waals surface area contributed by atoms with Gasteiger partial charge in [-0.3, -0.25) is 4.79 Å². The maximum atomic E-state index is 13.7. The molecule has 3 aromatic rings. The third-order valence-electron chi connectivity index (χ3n) is 4.03. The number of halogens is 2. The number of anilines is 3. The number of amides is 1. The zero-order valence-electron chi connectivity index (χ0n) is 15.3. The van der Waals surface area contributed by atoms with Crippen LogP contribution >= 0.6 is 0 Å². The Morgan fingerprint density at radius 2 is 1.29 bits per heavy atom. The van der Waals surface area contributed by atoms with E-state index in [0.29, 0.717) is 22.9 Å². The van der Waals surface area contributed by atoms with Gasteiger partial charge in [-0.05, 0) is 48.5 Å². The molecular formula is C21H18F2N2O3. The molecule has 0 bridgehead atoms. The smallest absolute Gasteiger partial charge is 0.263 e. The average Bonchev–Trinajstić information content (AvgIpc) is 2.71. The highest BCUT2D eigenvalue weighted by Crippen LogP contribution is 2.29. The summed E-state index contributed by atoms with van der Waals surface area (Å²) in [6, 6.07) is 15.1. The highest BCUT2D eigenvalue weighted by atomic mass is 19.1. The molecular weight excluding hydrogens is 366 g/mol. The summed E-state index contributed by atoms with van der Waals surface area (Å²) < 4.78 is 37.9. The molecule has 5 nitrogen and oxygen atoms in total. The van der Waals surface area contributed by atoms with Crippen molar-refractivity contribution in [3.8, 4) is 11.5 Å². The molecule has 0 aliphatic carbocycles.